The molecule has 0 saturated carbocycles. The van der Waals surface area contributed by atoms with Gasteiger partial charge in [-0.25, -0.2) is 4.79 Å². The first kappa shape index (κ1) is 21.6. The highest BCUT2D eigenvalue weighted by Gasteiger charge is 2.28. The lowest BCUT2D eigenvalue weighted by Gasteiger charge is -2.25. The molecule has 0 radical (unpaired) electrons. The van der Waals surface area contributed by atoms with Crippen LogP contribution in [0.1, 0.15) is 23.1 Å². The van der Waals surface area contributed by atoms with Crippen molar-refractivity contribution in [2.45, 2.75) is 32.4 Å². The summed E-state index contributed by atoms with van der Waals surface area (Å²) >= 11 is 0. The number of hydrogen-bond donors (Lipinski definition) is 2. The highest BCUT2D eigenvalue weighted by molar-refractivity contribution is 5.98. The van der Waals surface area contributed by atoms with Crippen LogP contribution in [0.5, 0.6) is 5.75 Å². The van der Waals surface area contributed by atoms with Gasteiger partial charge in [0.2, 0.25) is 5.91 Å². The van der Waals surface area contributed by atoms with Crippen LogP contribution in [0.2, 0.25) is 0 Å². The van der Waals surface area contributed by atoms with E-state index in [1.807, 2.05) is 54.6 Å². The molecule has 1 heterocycles. The van der Waals surface area contributed by atoms with Crippen molar-refractivity contribution in [3.63, 3.8) is 0 Å². The number of carbonyl (C=O) groups is 2. The van der Waals surface area contributed by atoms with Crippen molar-refractivity contribution in [3.8, 4) is 16.9 Å². The molecule has 0 saturated heterocycles. The number of anilines is 1. The molecule has 164 valence electrons. The average Bonchev–Trinajstić information content (AvgIpc) is 2.92. The van der Waals surface area contributed by atoms with Crippen LogP contribution in [0.3, 0.4) is 0 Å². The van der Waals surface area contributed by atoms with Crippen LogP contribution < -0.4 is 20.7 Å². The fraction of sp³-hybridized carbons (Fsp3) is 0.231. The molecule has 3 aromatic carbocycles. The minimum absolute atomic E-state index is 0.0546. The molecule has 1 atom stereocenters. The summed E-state index contributed by atoms with van der Waals surface area (Å²) in [6, 6.07) is 21.0. The van der Waals surface area contributed by atoms with Gasteiger partial charge in [-0.1, -0.05) is 60.2 Å². The number of fused-ring (bicyclic) bond motifs is 1. The third-order valence-electron chi connectivity index (χ3n) is 5.73. The Balaban J connectivity index is 1.61. The van der Waals surface area contributed by atoms with Crippen molar-refractivity contribution < 1.29 is 14.3 Å². The molecule has 0 fully saturated rings. The van der Waals surface area contributed by atoms with Gasteiger partial charge < -0.3 is 20.7 Å². The molecule has 2 amide bonds. The minimum atomic E-state index is -0.515. The van der Waals surface area contributed by atoms with Gasteiger partial charge in [0.15, 0.2) is 0 Å². The number of nitrogens with zero attached hydrogens (tertiary/aromatic N) is 1. The number of nitrogens with two attached hydrogens (primary N) is 1. The molecule has 0 unspecified atom stereocenters. The summed E-state index contributed by atoms with van der Waals surface area (Å²) in [6.45, 7) is 2.50. The highest BCUT2D eigenvalue weighted by atomic mass is 16.6. The molecule has 0 aromatic heterocycles. The topological polar surface area (TPSA) is 84.7 Å². The number of benzene rings is 3. The van der Waals surface area contributed by atoms with Crippen molar-refractivity contribution in [1.82, 2.24) is 5.32 Å². The summed E-state index contributed by atoms with van der Waals surface area (Å²) in [5.41, 5.74) is 12.2. The number of ether oxygens (including phenoxy) is 1. The summed E-state index contributed by atoms with van der Waals surface area (Å²) in [4.78, 5) is 26.5. The molecule has 3 N–H and O–H groups in total. The van der Waals surface area contributed by atoms with Gasteiger partial charge in [-0.2, -0.15) is 0 Å². The van der Waals surface area contributed by atoms with Crippen molar-refractivity contribution in [2.24, 2.45) is 5.73 Å². The normalized spacial score (nSPS) is 15.7. The first-order chi connectivity index (χ1) is 15.5. The number of nitrogens with one attached hydrogen (secondary N) is 1. The zero-order valence-electron chi connectivity index (χ0n) is 18.3. The third-order valence-corrected chi connectivity index (χ3v) is 5.73. The number of para-hydroxylation sites is 1. The highest BCUT2D eigenvalue weighted by Crippen LogP contribution is 2.32. The Morgan fingerprint density at radius 3 is 2.62 bits per heavy atom. The zero-order chi connectivity index (χ0) is 22.7. The molecular weight excluding hydrogens is 402 g/mol. The number of aryl methyl sites for hydroxylation is 2. The standard InChI is InChI=1S/C26H27N3O3/c1-17-7-14-23-20(15-17)12-13-22(27)25(30)29(23)16-18-8-10-19(11-9-18)21-5-3-4-6-24(21)32-26(31)28-2/h3-11,14-15,22H,12-13,16,27H2,1-2H3,(H,28,31)/t22-/m1/s1. The fourth-order valence-electron chi connectivity index (χ4n) is 4.01. The fourth-order valence-corrected chi connectivity index (χ4v) is 4.01. The van der Waals surface area contributed by atoms with E-state index in [-0.39, 0.29) is 5.91 Å². The van der Waals surface area contributed by atoms with Crippen molar-refractivity contribution >= 4 is 17.7 Å². The van der Waals surface area contributed by atoms with E-state index in [0.717, 1.165) is 34.4 Å². The minimum Gasteiger partial charge on any atom is -0.410 e. The Morgan fingerprint density at radius 2 is 1.88 bits per heavy atom. The second-order valence-corrected chi connectivity index (χ2v) is 8.03. The van der Waals surface area contributed by atoms with Crippen LogP contribution in [-0.4, -0.2) is 25.1 Å². The van der Waals surface area contributed by atoms with Gasteiger partial charge in [0.1, 0.15) is 5.75 Å². The van der Waals surface area contributed by atoms with E-state index in [1.54, 1.807) is 11.0 Å². The number of hydrogen-bond acceptors (Lipinski definition) is 4. The summed E-state index contributed by atoms with van der Waals surface area (Å²) in [5.74, 6) is 0.429. The quantitative estimate of drug-likeness (QED) is 0.651. The molecular formula is C26H27N3O3. The predicted molar refractivity (Wildman–Crippen MR) is 126 cm³/mol. The van der Waals surface area contributed by atoms with Gasteiger partial charge in [-0.15, -0.1) is 0 Å². The van der Waals surface area contributed by atoms with E-state index in [2.05, 4.69) is 18.3 Å². The Labute approximate surface area is 188 Å². The van der Waals surface area contributed by atoms with E-state index in [1.165, 1.54) is 12.6 Å². The first-order valence-electron chi connectivity index (χ1n) is 10.7. The average molecular weight is 430 g/mol. The van der Waals surface area contributed by atoms with E-state index < -0.39 is 12.1 Å². The van der Waals surface area contributed by atoms with Gasteiger partial charge >= 0.3 is 6.09 Å². The number of rotatable bonds is 4. The van der Waals surface area contributed by atoms with E-state index in [0.29, 0.717) is 18.7 Å². The molecule has 0 bridgehead atoms. The summed E-state index contributed by atoms with van der Waals surface area (Å²) in [5, 5.41) is 2.46. The molecule has 1 aliphatic heterocycles. The second-order valence-electron chi connectivity index (χ2n) is 8.03. The summed E-state index contributed by atoms with van der Waals surface area (Å²) < 4.78 is 5.37. The summed E-state index contributed by atoms with van der Waals surface area (Å²) in [6.07, 6.45) is 0.924. The smallest absolute Gasteiger partial charge is 0.410 e. The van der Waals surface area contributed by atoms with Crippen molar-refractivity contribution in [2.75, 3.05) is 11.9 Å². The lowest BCUT2D eigenvalue weighted by molar-refractivity contribution is -0.120. The molecule has 32 heavy (non-hydrogen) atoms. The van der Waals surface area contributed by atoms with Crippen LogP contribution in [-0.2, 0) is 17.8 Å². The molecule has 4 rings (SSSR count). The van der Waals surface area contributed by atoms with Gasteiger partial charge in [0, 0.05) is 18.3 Å². The van der Waals surface area contributed by atoms with Crippen LogP contribution >= 0.6 is 0 Å². The maximum Gasteiger partial charge on any atom is 0.412 e. The lowest BCUT2D eigenvalue weighted by atomic mass is 10.0. The van der Waals surface area contributed by atoms with Crippen LogP contribution in [0.4, 0.5) is 10.5 Å². The molecule has 0 spiro atoms. The zero-order valence-corrected chi connectivity index (χ0v) is 18.3. The monoisotopic (exact) mass is 429 g/mol. The van der Waals surface area contributed by atoms with Gasteiger partial charge in [0.05, 0.1) is 12.6 Å². The molecule has 6 nitrogen and oxygen atoms in total. The van der Waals surface area contributed by atoms with E-state index >= 15 is 0 Å². The van der Waals surface area contributed by atoms with Crippen molar-refractivity contribution in [1.29, 1.82) is 0 Å². The van der Waals surface area contributed by atoms with Gasteiger partial charge in [0.25, 0.3) is 0 Å². The molecule has 6 heteroatoms. The molecule has 1 aliphatic rings. The van der Waals surface area contributed by atoms with Crippen LogP contribution in [0.15, 0.2) is 66.7 Å². The second kappa shape index (κ2) is 9.24. The Morgan fingerprint density at radius 1 is 1.12 bits per heavy atom. The van der Waals surface area contributed by atoms with E-state index in [9.17, 15) is 9.59 Å². The van der Waals surface area contributed by atoms with Gasteiger partial charge in [-0.05, 0) is 48.6 Å². The summed E-state index contributed by atoms with van der Waals surface area (Å²) in [7, 11) is 1.52. The van der Waals surface area contributed by atoms with Gasteiger partial charge in [-0.3, -0.25) is 4.79 Å². The van der Waals surface area contributed by atoms with Crippen molar-refractivity contribution in [3.05, 3.63) is 83.4 Å². The number of amides is 2. The third kappa shape index (κ3) is 4.50. The lowest BCUT2D eigenvalue weighted by Crippen LogP contribution is -2.42. The van der Waals surface area contributed by atoms with Crippen LogP contribution in [0, 0.1) is 6.92 Å². The maximum atomic E-state index is 13.0. The first-order valence-corrected chi connectivity index (χ1v) is 10.7. The number of carbonyl (C=O) groups excluding carboxylic acids is 2. The maximum absolute atomic E-state index is 13.0. The Bertz CT molecular complexity index is 1140. The largest absolute Gasteiger partial charge is 0.412 e. The molecule has 0 aliphatic carbocycles. The SMILES string of the molecule is CNC(=O)Oc1ccccc1-c1ccc(CN2C(=O)[C@H](N)CCc3cc(C)ccc32)cc1. The predicted octanol–water partition coefficient (Wildman–Crippen LogP) is 4.19. The van der Waals surface area contributed by atoms with Crippen LogP contribution in [0.25, 0.3) is 11.1 Å². The Hall–Kier alpha value is -3.64. The Kier molecular flexibility index (Phi) is 6.23. The van der Waals surface area contributed by atoms with E-state index in [4.69, 9.17) is 10.5 Å². The molecule has 3 aromatic rings.